The third-order valence-electron chi connectivity index (χ3n) is 5.68. The molecule has 5 rings (SSSR count). The molecule has 2 fully saturated rings. The van der Waals surface area contributed by atoms with Crippen molar-refractivity contribution < 1.29 is 9.53 Å². The first-order valence-corrected chi connectivity index (χ1v) is 9.25. The Morgan fingerprint density at radius 1 is 1.12 bits per heavy atom. The maximum Gasteiger partial charge on any atom is 0.256 e. The highest BCUT2D eigenvalue weighted by atomic mass is 16.5. The van der Waals surface area contributed by atoms with E-state index >= 15 is 0 Å². The summed E-state index contributed by atoms with van der Waals surface area (Å²) < 4.78 is 6.12. The van der Waals surface area contributed by atoms with Crippen LogP contribution in [-0.2, 0) is 0 Å². The average molecular weight is 347 g/mol. The van der Waals surface area contributed by atoms with Gasteiger partial charge in [0.1, 0.15) is 11.9 Å². The van der Waals surface area contributed by atoms with Crippen LogP contribution < -0.4 is 4.74 Å². The number of ether oxygens (including phenoxy) is 1. The largest absolute Gasteiger partial charge is 0.489 e. The lowest BCUT2D eigenvalue weighted by molar-refractivity contribution is 0.0359. The molecule has 4 heterocycles. The van der Waals surface area contributed by atoms with Crippen molar-refractivity contribution in [1.82, 2.24) is 14.9 Å². The summed E-state index contributed by atoms with van der Waals surface area (Å²) in [5, 5.41) is 1.01. The van der Waals surface area contributed by atoms with E-state index in [1.165, 1.54) is 0 Å². The van der Waals surface area contributed by atoms with E-state index in [0.717, 1.165) is 47.9 Å². The summed E-state index contributed by atoms with van der Waals surface area (Å²) in [7, 11) is 0. The van der Waals surface area contributed by atoms with Gasteiger partial charge >= 0.3 is 0 Å². The van der Waals surface area contributed by atoms with E-state index in [1.807, 2.05) is 42.6 Å². The van der Waals surface area contributed by atoms with E-state index in [0.29, 0.717) is 0 Å². The minimum atomic E-state index is 0.148. The first kappa shape index (κ1) is 15.4. The number of nitrogens with zero attached hydrogens (tertiary/aromatic N) is 2. The topological polar surface area (TPSA) is 58.2 Å². The third-order valence-corrected chi connectivity index (χ3v) is 5.68. The van der Waals surface area contributed by atoms with E-state index < -0.39 is 0 Å². The van der Waals surface area contributed by atoms with Gasteiger partial charge in [0.05, 0.1) is 11.8 Å². The van der Waals surface area contributed by atoms with Crippen molar-refractivity contribution in [3.8, 4) is 5.75 Å². The van der Waals surface area contributed by atoms with Gasteiger partial charge in [-0.25, -0.2) is 0 Å². The number of carbonyl (C=O) groups excluding carboxylic acids is 1. The minimum Gasteiger partial charge on any atom is -0.489 e. The normalized spacial score (nSPS) is 24.8. The lowest BCUT2D eigenvalue weighted by Crippen LogP contribution is -2.49. The Morgan fingerprint density at radius 3 is 2.69 bits per heavy atom. The molecule has 2 saturated heterocycles. The summed E-state index contributed by atoms with van der Waals surface area (Å²) in [6.07, 6.45) is 9.41. The molecule has 2 aromatic heterocycles. The van der Waals surface area contributed by atoms with Gasteiger partial charge in [-0.05, 0) is 31.0 Å². The van der Waals surface area contributed by atoms with Gasteiger partial charge in [-0.15, -0.1) is 0 Å². The summed E-state index contributed by atoms with van der Waals surface area (Å²) in [6.45, 7) is 0. The monoisotopic (exact) mass is 347 g/mol. The van der Waals surface area contributed by atoms with Gasteiger partial charge in [-0.3, -0.25) is 9.78 Å². The van der Waals surface area contributed by atoms with Crippen LogP contribution in [0.15, 0.2) is 55.0 Å². The molecule has 2 aliphatic rings. The number of piperidine rings is 1. The second kappa shape index (κ2) is 6.16. The van der Waals surface area contributed by atoms with Crippen LogP contribution in [0.25, 0.3) is 10.9 Å². The Balaban J connectivity index is 1.36. The second-order valence-electron chi connectivity index (χ2n) is 7.25. The Hall–Kier alpha value is -2.82. The average Bonchev–Trinajstić information content (AvgIpc) is 3.21. The highest BCUT2D eigenvalue weighted by Crippen LogP contribution is 2.38. The van der Waals surface area contributed by atoms with Crippen molar-refractivity contribution >= 4 is 16.8 Å². The van der Waals surface area contributed by atoms with Gasteiger partial charge in [-0.2, -0.15) is 0 Å². The zero-order chi connectivity index (χ0) is 17.5. The molecule has 2 aliphatic heterocycles. The maximum absolute atomic E-state index is 13.3. The second-order valence-corrected chi connectivity index (χ2v) is 7.25. The fourth-order valence-corrected chi connectivity index (χ4v) is 4.55. The van der Waals surface area contributed by atoms with Crippen LogP contribution in [0.1, 0.15) is 36.0 Å². The zero-order valence-corrected chi connectivity index (χ0v) is 14.5. The standard InChI is InChI=1S/C21H21N3O2/c25-21(19-13-23-20-6-2-1-5-18(19)20)24-14-7-8-15(24)11-17(10-14)26-16-4-3-9-22-12-16/h1-6,9,12-15,17,23H,7-8,10-11H2. The molecule has 5 nitrogen and oxygen atoms in total. The summed E-state index contributed by atoms with van der Waals surface area (Å²) in [5.74, 6) is 0.961. The summed E-state index contributed by atoms with van der Waals surface area (Å²) in [4.78, 5) is 22.7. The number of benzene rings is 1. The number of rotatable bonds is 3. The first-order chi connectivity index (χ1) is 12.8. The molecule has 1 N–H and O–H groups in total. The van der Waals surface area contributed by atoms with Crippen LogP contribution in [0, 0.1) is 0 Å². The number of carbonyl (C=O) groups is 1. The number of hydrogen-bond acceptors (Lipinski definition) is 3. The number of hydrogen-bond donors (Lipinski definition) is 1. The minimum absolute atomic E-state index is 0.148. The molecule has 0 radical (unpaired) electrons. The molecule has 5 heteroatoms. The molecular weight excluding hydrogens is 326 g/mol. The van der Waals surface area contributed by atoms with Crippen LogP contribution >= 0.6 is 0 Å². The first-order valence-electron chi connectivity index (χ1n) is 9.25. The van der Waals surface area contributed by atoms with E-state index in [4.69, 9.17) is 4.74 Å². The smallest absolute Gasteiger partial charge is 0.256 e. The van der Waals surface area contributed by atoms with E-state index in [9.17, 15) is 4.79 Å². The summed E-state index contributed by atoms with van der Waals surface area (Å²) in [5.41, 5.74) is 1.79. The fraction of sp³-hybridized carbons (Fsp3) is 0.333. The number of pyridine rings is 1. The van der Waals surface area contributed by atoms with Crippen molar-refractivity contribution in [2.24, 2.45) is 0 Å². The van der Waals surface area contributed by atoms with Crippen molar-refractivity contribution in [2.75, 3.05) is 0 Å². The van der Waals surface area contributed by atoms with Crippen LogP contribution in [0.3, 0.4) is 0 Å². The van der Waals surface area contributed by atoms with E-state index in [-0.39, 0.29) is 24.1 Å². The molecule has 1 amide bonds. The lowest BCUT2D eigenvalue weighted by atomic mass is 9.98. The predicted octanol–water partition coefficient (Wildman–Crippen LogP) is 3.78. The van der Waals surface area contributed by atoms with Gasteiger partial charge in [0.15, 0.2) is 0 Å². The van der Waals surface area contributed by atoms with E-state index in [2.05, 4.69) is 14.9 Å². The summed E-state index contributed by atoms with van der Waals surface area (Å²) in [6, 6.07) is 12.3. The van der Waals surface area contributed by atoms with Gasteiger partial charge in [-0.1, -0.05) is 18.2 Å². The molecule has 0 aliphatic carbocycles. The van der Waals surface area contributed by atoms with Crippen molar-refractivity contribution in [3.63, 3.8) is 0 Å². The molecule has 3 aromatic rings. The fourth-order valence-electron chi connectivity index (χ4n) is 4.55. The molecule has 0 saturated carbocycles. The van der Waals surface area contributed by atoms with Crippen LogP contribution in [0.5, 0.6) is 5.75 Å². The quantitative estimate of drug-likeness (QED) is 0.784. The molecule has 132 valence electrons. The highest BCUT2D eigenvalue weighted by Gasteiger charge is 2.44. The van der Waals surface area contributed by atoms with Crippen molar-refractivity contribution in [1.29, 1.82) is 0 Å². The van der Waals surface area contributed by atoms with Crippen molar-refractivity contribution in [2.45, 2.75) is 43.9 Å². The van der Waals surface area contributed by atoms with Crippen LogP contribution in [0.2, 0.25) is 0 Å². The Labute approximate surface area is 152 Å². The van der Waals surface area contributed by atoms with Gasteiger partial charge in [0, 0.05) is 48.2 Å². The Kier molecular flexibility index (Phi) is 3.66. The molecule has 26 heavy (non-hydrogen) atoms. The Morgan fingerprint density at radius 2 is 1.92 bits per heavy atom. The molecular formula is C21H21N3O2. The number of aromatic amines is 1. The predicted molar refractivity (Wildman–Crippen MR) is 99.2 cm³/mol. The summed E-state index contributed by atoms with van der Waals surface area (Å²) >= 11 is 0. The lowest BCUT2D eigenvalue weighted by Gasteiger charge is -2.38. The number of para-hydroxylation sites is 1. The molecule has 2 atom stereocenters. The number of amides is 1. The number of H-pyrrole nitrogens is 1. The zero-order valence-electron chi connectivity index (χ0n) is 14.5. The SMILES string of the molecule is O=C(c1c[nH]c2ccccc12)N1C2CCC1CC(Oc1cccnc1)C2. The molecule has 1 aromatic carbocycles. The van der Waals surface area contributed by atoms with Crippen molar-refractivity contribution in [3.05, 3.63) is 60.6 Å². The van der Waals surface area contributed by atoms with E-state index in [1.54, 1.807) is 12.4 Å². The molecule has 0 spiro atoms. The molecule has 2 bridgehead atoms. The van der Waals surface area contributed by atoms with Gasteiger partial charge < -0.3 is 14.6 Å². The third kappa shape index (κ3) is 2.55. The van der Waals surface area contributed by atoms with Crippen LogP contribution in [0.4, 0.5) is 0 Å². The van der Waals surface area contributed by atoms with Gasteiger partial charge in [0.2, 0.25) is 0 Å². The number of fused-ring (bicyclic) bond motifs is 3. The maximum atomic E-state index is 13.3. The molecule has 2 unspecified atom stereocenters. The highest BCUT2D eigenvalue weighted by molar-refractivity contribution is 6.07. The number of nitrogens with one attached hydrogen (secondary N) is 1. The Bertz CT molecular complexity index is 923. The number of aromatic nitrogens is 2. The van der Waals surface area contributed by atoms with Crippen LogP contribution in [-0.4, -0.2) is 39.0 Å². The van der Waals surface area contributed by atoms with Gasteiger partial charge in [0.25, 0.3) is 5.91 Å².